The Bertz CT molecular complexity index is 2990. The Morgan fingerprint density at radius 3 is 2.16 bits per heavy atom. The van der Waals surface area contributed by atoms with Gasteiger partial charge in [-0.15, -0.1) is 0 Å². The van der Waals surface area contributed by atoms with E-state index in [1.54, 1.807) is 36.4 Å². The van der Waals surface area contributed by atoms with Crippen molar-refractivity contribution in [3.05, 3.63) is 148 Å². The van der Waals surface area contributed by atoms with Gasteiger partial charge in [0.2, 0.25) is 0 Å². The number of anilines is 1. The van der Waals surface area contributed by atoms with Crippen LogP contribution in [0.15, 0.2) is 129 Å². The molecule has 0 amide bonds. The van der Waals surface area contributed by atoms with Crippen molar-refractivity contribution < 1.29 is 38.8 Å². The molecule has 8 rings (SSSR count). The van der Waals surface area contributed by atoms with Gasteiger partial charge < -0.3 is 29.5 Å². The van der Waals surface area contributed by atoms with Gasteiger partial charge >= 0.3 is 11.9 Å². The van der Waals surface area contributed by atoms with Crippen molar-refractivity contribution in [2.75, 3.05) is 12.3 Å². The lowest BCUT2D eigenvalue weighted by molar-refractivity contribution is -0.172. The van der Waals surface area contributed by atoms with Crippen LogP contribution in [-0.4, -0.2) is 28.8 Å². The summed E-state index contributed by atoms with van der Waals surface area (Å²) >= 11 is 0. The van der Waals surface area contributed by atoms with Crippen molar-refractivity contribution in [2.45, 2.75) is 25.7 Å². The number of phenolic OH excluding ortho intramolecular Hbond substituents is 1. The number of carbonyl (C=O) groups excluding carboxylic acids is 1. The average molecular weight is 756 g/mol. The first-order valence-electron chi connectivity index (χ1n) is 18.3. The quantitative estimate of drug-likeness (QED) is 0.0389. The molecular formula is C47H35N2O8+. The van der Waals surface area contributed by atoms with Crippen molar-refractivity contribution >= 4 is 39.6 Å². The SMILES string of the molecule is Nc1ccc2c(-c3ccc(C#Cc4ccc(-c5c6ccc(=O)cc-6oc6cc(O)ccc56)c(C(=O)OCCCCCC(=O)O)c4)cc3)c3ccc(=[NH2+])cc-3oc2c1. The second kappa shape index (κ2) is 15.2. The van der Waals surface area contributed by atoms with Gasteiger partial charge in [0, 0.05) is 80.5 Å². The molecule has 280 valence electrons. The van der Waals surface area contributed by atoms with E-state index in [9.17, 15) is 19.5 Å². The van der Waals surface area contributed by atoms with Gasteiger partial charge in [-0.3, -0.25) is 15.0 Å². The molecule has 57 heavy (non-hydrogen) atoms. The highest BCUT2D eigenvalue weighted by molar-refractivity contribution is 6.08. The fraction of sp³-hybridized carbons (Fsp3) is 0.106. The number of aromatic hydroxyl groups is 1. The van der Waals surface area contributed by atoms with Gasteiger partial charge in [0.1, 0.15) is 28.4 Å². The second-order valence-electron chi connectivity index (χ2n) is 13.7. The van der Waals surface area contributed by atoms with Crippen LogP contribution in [0.5, 0.6) is 5.75 Å². The summed E-state index contributed by atoms with van der Waals surface area (Å²) < 4.78 is 18.0. The van der Waals surface area contributed by atoms with Gasteiger partial charge in [0.15, 0.2) is 10.8 Å². The summed E-state index contributed by atoms with van der Waals surface area (Å²) in [6, 6.07) is 33.4. The van der Waals surface area contributed by atoms with Gasteiger partial charge in [-0.1, -0.05) is 30.0 Å². The van der Waals surface area contributed by atoms with Gasteiger partial charge in [-0.05, 0) is 97.1 Å². The number of unbranched alkanes of at least 4 members (excludes halogenated alkanes) is 2. The molecule has 0 saturated carbocycles. The molecule has 10 heteroatoms. The van der Waals surface area contributed by atoms with Crippen LogP contribution in [0.4, 0.5) is 5.69 Å². The maximum absolute atomic E-state index is 13.9. The van der Waals surface area contributed by atoms with Crippen LogP contribution in [0.25, 0.3) is 66.8 Å². The second-order valence-corrected chi connectivity index (χ2v) is 13.7. The van der Waals surface area contributed by atoms with Crippen molar-refractivity contribution in [1.29, 1.82) is 0 Å². The van der Waals surface area contributed by atoms with Crippen molar-refractivity contribution in [3.8, 4) is 62.5 Å². The minimum absolute atomic E-state index is 0.0210. The minimum atomic E-state index is -0.872. The summed E-state index contributed by atoms with van der Waals surface area (Å²) in [5, 5.41) is 27.4. The van der Waals surface area contributed by atoms with Gasteiger partial charge in [0.05, 0.1) is 18.2 Å². The van der Waals surface area contributed by atoms with Crippen LogP contribution in [0.1, 0.15) is 47.2 Å². The number of carbonyl (C=O) groups is 2. The largest absolute Gasteiger partial charge is 0.508 e. The number of benzene rings is 6. The van der Waals surface area contributed by atoms with Gasteiger partial charge in [0.25, 0.3) is 0 Å². The zero-order valence-corrected chi connectivity index (χ0v) is 30.5. The Kier molecular flexibility index (Phi) is 9.72. The number of aliphatic carboxylic acids is 1. The smallest absolute Gasteiger partial charge is 0.338 e. The van der Waals surface area contributed by atoms with Crippen LogP contribution >= 0.6 is 0 Å². The fourth-order valence-corrected chi connectivity index (χ4v) is 7.05. The summed E-state index contributed by atoms with van der Waals surface area (Å²) in [6.07, 6.45) is 1.60. The molecule has 2 aliphatic heterocycles. The first kappa shape index (κ1) is 36.3. The van der Waals surface area contributed by atoms with E-state index in [2.05, 4.69) is 11.8 Å². The predicted octanol–water partition coefficient (Wildman–Crippen LogP) is 7.23. The Balaban J connectivity index is 1.17. The zero-order chi connectivity index (χ0) is 39.6. The first-order valence-corrected chi connectivity index (χ1v) is 18.3. The topological polar surface area (TPSA) is 179 Å². The fourth-order valence-electron chi connectivity index (χ4n) is 7.05. The molecule has 0 saturated heterocycles. The Labute approximate surface area is 325 Å². The number of phenols is 1. The van der Waals surface area contributed by atoms with E-state index in [0.717, 1.165) is 27.6 Å². The van der Waals surface area contributed by atoms with Crippen molar-refractivity contribution in [1.82, 2.24) is 0 Å². The predicted molar refractivity (Wildman–Crippen MR) is 216 cm³/mol. The van der Waals surface area contributed by atoms with E-state index in [0.29, 0.717) is 80.6 Å². The number of carboxylic acids is 1. The maximum atomic E-state index is 13.9. The van der Waals surface area contributed by atoms with Gasteiger partial charge in [-0.2, -0.15) is 0 Å². The number of hydrogen-bond acceptors (Lipinski definition) is 8. The summed E-state index contributed by atoms with van der Waals surface area (Å²) in [7, 11) is 0. The molecule has 2 aliphatic carbocycles. The van der Waals surface area contributed by atoms with E-state index >= 15 is 0 Å². The highest BCUT2D eigenvalue weighted by Gasteiger charge is 2.23. The summed E-state index contributed by atoms with van der Waals surface area (Å²) in [5.74, 6) is 5.87. The molecule has 4 aromatic carbocycles. The Morgan fingerprint density at radius 1 is 0.684 bits per heavy atom. The van der Waals surface area contributed by atoms with E-state index < -0.39 is 11.9 Å². The lowest BCUT2D eigenvalue weighted by Gasteiger charge is -2.18. The molecule has 4 aromatic rings. The number of fused-ring (bicyclic) bond motifs is 4. The van der Waals surface area contributed by atoms with Crippen LogP contribution in [0, 0.1) is 11.8 Å². The third-order valence-corrected chi connectivity index (χ3v) is 9.75. The van der Waals surface area contributed by atoms with E-state index in [-0.39, 0.29) is 29.8 Å². The standard InChI is InChI=1S/C47H34N2O8/c48-30-12-17-35-40(23-30)56-41-24-31(49)13-18-36(41)45(35)29-10-7-27(8-11-29)5-6-28-9-16-34(39(22-28)47(54)55-21-3-1-2-4-44(52)53)46-37-19-14-32(50)25-42(37)57-43-26-33(51)15-20-38(43)46/h7-20,22-26,48,50H,1-4,21,49H2,(H,52,53)/p+1. The number of hydrogen-bond donors (Lipinski definition) is 4. The number of carboxylic acid groups (broad SMARTS) is 1. The summed E-state index contributed by atoms with van der Waals surface area (Å²) in [5.41, 5.74) is 13.5. The van der Waals surface area contributed by atoms with E-state index in [1.165, 1.54) is 24.3 Å². The molecule has 0 unspecified atom stereocenters. The molecule has 0 atom stereocenters. The molecular weight excluding hydrogens is 721 g/mol. The number of rotatable bonds is 9. The van der Waals surface area contributed by atoms with Crippen LogP contribution < -0.4 is 21.9 Å². The number of ether oxygens (including phenoxy) is 1. The molecule has 10 nitrogen and oxygen atoms in total. The number of nitrogens with two attached hydrogens (primary N) is 2. The Hall–Kier alpha value is -7.64. The van der Waals surface area contributed by atoms with E-state index in [1.807, 2.05) is 54.6 Å². The maximum Gasteiger partial charge on any atom is 0.338 e. The molecule has 4 aliphatic rings. The molecule has 0 spiro atoms. The molecule has 0 fully saturated rings. The average Bonchev–Trinajstić information content (AvgIpc) is 3.19. The normalized spacial score (nSPS) is 11.2. The molecule has 0 bridgehead atoms. The molecule has 0 aromatic heterocycles. The number of nitrogen functional groups attached to an aromatic ring is 1. The van der Waals surface area contributed by atoms with Crippen molar-refractivity contribution in [2.24, 2.45) is 0 Å². The Morgan fingerprint density at radius 2 is 1.35 bits per heavy atom. The highest BCUT2D eigenvalue weighted by Crippen LogP contribution is 2.43. The van der Waals surface area contributed by atoms with Gasteiger partial charge in [-0.25, -0.2) is 4.79 Å². The summed E-state index contributed by atoms with van der Waals surface area (Å²) in [6.45, 7) is 0.0973. The minimum Gasteiger partial charge on any atom is -0.508 e. The van der Waals surface area contributed by atoms with Crippen LogP contribution in [0.3, 0.4) is 0 Å². The monoisotopic (exact) mass is 755 g/mol. The molecule has 2 heterocycles. The third-order valence-electron chi connectivity index (χ3n) is 9.75. The van der Waals surface area contributed by atoms with Crippen LogP contribution in [0.2, 0.25) is 0 Å². The first-order chi connectivity index (χ1) is 27.6. The lowest BCUT2D eigenvalue weighted by atomic mass is 9.90. The highest BCUT2D eigenvalue weighted by atomic mass is 16.5. The van der Waals surface area contributed by atoms with Crippen molar-refractivity contribution in [3.63, 3.8) is 0 Å². The molecule has 6 N–H and O–H groups in total. The zero-order valence-electron chi connectivity index (χ0n) is 30.5. The molecule has 0 radical (unpaired) electrons. The van der Waals surface area contributed by atoms with E-state index in [4.69, 9.17) is 29.8 Å². The summed E-state index contributed by atoms with van der Waals surface area (Å²) in [4.78, 5) is 37.2. The lowest BCUT2D eigenvalue weighted by Crippen LogP contribution is -2.44. The number of esters is 1. The van der Waals surface area contributed by atoms with Crippen LogP contribution in [-0.2, 0) is 9.53 Å². The third kappa shape index (κ3) is 7.55.